The zero-order chi connectivity index (χ0) is 19.6. The number of rotatable bonds is 9. The van der Waals surface area contributed by atoms with Gasteiger partial charge in [0.05, 0.1) is 26.5 Å². The molecule has 0 aliphatic heterocycles. The Balaban J connectivity index is 0.00000392. The number of aliphatic imine (C=N–C) groups is 1. The van der Waals surface area contributed by atoms with E-state index in [1.165, 1.54) is 0 Å². The van der Waals surface area contributed by atoms with Crippen LogP contribution in [0.3, 0.4) is 0 Å². The van der Waals surface area contributed by atoms with Crippen LogP contribution in [0.1, 0.15) is 43.4 Å². The normalized spacial score (nSPS) is 11.0. The second-order valence-electron chi connectivity index (χ2n) is 5.96. The number of hydrogen-bond acceptors (Lipinski definition) is 5. The predicted octanol–water partition coefficient (Wildman–Crippen LogP) is 3.69. The highest BCUT2D eigenvalue weighted by Gasteiger charge is 2.13. The summed E-state index contributed by atoms with van der Waals surface area (Å²) in [6.45, 7) is 8.08. The summed E-state index contributed by atoms with van der Waals surface area (Å²) in [5.74, 6) is 3.18. The molecule has 2 rings (SSSR count). The Kier molecular flexibility index (Phi) is 10.7. The molecule has 0 unspecified atom stereocenters. The minimum Gasteiger partial charge on any atom is -0.497 e. The lowest BCUT2D eigenvalue weighted by Crippen LogP contribution is -2.37. The van der Waals surface area contributed by atoms with E-state index in [9.17, 15) is 0 Å². The molecule has 2 aromatic rings. The van der Waals surface area contributed by atoms with Crippen LogP contribution in [0.2, 0.25) is 0 Å². The fourth-order valence-corrected chi connectivity index (χ4v) is 2.80. The molecule has 7 nitrogen and oxygen atoms in total. The van der Waals surface area contributed by atoms with Gasteiger partial charge in [-0.2, -0.15) is 0 Å². The summed E-state index contributed by atoms with van der Waals surface area (Å²) in [6, 6.07) is 5.74. The number of ether oxygens (including phenoxy) is 2. The van der Waals surface area contributed by atoms with Gasteiger partial charge in [-0.05, 0) is 25.5 Å². The molecular weight excluding hydrogens is 471 g/mol. The van der Waals surface area contributed by atoms with Crippen LogP contribution in [0.5, 0.6) is 11.5 Å². The minimum absolute atomic E-state index is 0. The Hall–Kier alpha value is -1.97. The Morgan fingerprint density at radius 2 is 1.89 bits per heavy atom. The van der Waals surface area contributed by atoms with Crippen molar-refractivity contribution in [2.24, 2.45) is 4.99 Å². The maximum atomic E-state index is 5.45. The van der Waals surface area contributed by atoms with E-state index in [0.29, 0.717) is 13.1 Å². The van der Waals surface area contributed by atoms with Gasteiger partial charge in [0.15, 0.2) is 5.96 Å². The number of aromatic nitrogens is 1. The van der Waals surface area contributed by atoms with Crippen LogP contribution in [-0.2, 0) is 25.9 Å². The molecule has 0 saturated heterocycles. The standard InChI is InChI=1S/C20H30N4O3.HI/c1-6-17-16(18(7-2)27-24-17)13-23-20(21-8-3)22-12-14-9-10-15(25-4)11-19(14)26-5;/h9-11H,6-8,12-13H2,1-5H3,(H2,21,22,23);1H. The van der Waals surface area contributed by atoms with E-state index in [2.05, 4.69) is 34.6 Å². The van der Waals surface area contributed by atoms with Crippen molar-refractivity contribution < 1.29 is 14.0 Å². The van der Waals surface area contributed by atoms with Crippen molar-refractivity contribution >= 4 is 29.9 Å². The molecule has 8 heteroatoms. The fourth-order valence-electron chi connectivity index (χ4n) is 2.80. The van der Waals surface area contributed by atoms with Crippen LogP contribution >= 0.6 is 24.0 Å². The van der Waals surface area contributed by atoms with Crippen molar-refractivity contribution in [3.8, 4) is 11.5 Å². The van der Waals surface area contributed by atoms with Crippen molar-refractivity contribution in [3.05, 3.63) is 40.8 Å². The topological polar surface area (TPSA) is 80.9 Å². The zero-order valence-corrected chi connectivity index (χ0v) is 19.6. The van der Waals surface area contributed by atoms with Gasteiger partial charge in [-0.1, -0.05) is 19.0 Å². The molecule has 0 aliphatic rings. The molecule has 0 radical (unpaired) electrons. The average Bonchev–Trinajstić information content (AvgIpc) is 3.11. The van der Waals surface area contributed by atoms with Crippen molar-refractivity contribution in [2.45, 2.75) is 46.7 Å². The van der Waals surface area contributed by atoms with E-state index in [4.69, 9.17) is 14.0 Å². The summed E-state index contributed by atoms with van der Waals surface area (Å²) in [7, 11) is 3.29. The van der Waals surface area contributed by atoms with Crippen molar-refractivity contribution in [3.63, 3.8) is 0 Å². The monoisotopic (exact) mass is 502 g/mol. The first-order valence-electron chi connectivity index (χ1n) is 9.36. The van der Waals surface area contributed by atoms with E-state index in [0.717, 1.165) is 59.4 Å². The lowest BCUT2D eigenvalue weighted by Gasteiger charge is -2.13. The summed E-state index contributed by atoms with van der Waals surface area (Å²) in [5, 5.41) is 10.8. The fraction of sp³-hybridized carbons (Fsp3) is 0.500. The van der Waals surface area contributed by atoms with Crippen LogP contribution in [0, 0.1) is 0 Å². The van der Waals surface area contributed by atoms with Gasteiger partial charge in [-0.3, -0.25) is 0 Å². The molecular formula is C20H31IN4O3. The molecule has 1 aromatic carbocycles. The highest BCUT2D eigenvalue weighted by Crippen LogP contribution is 2.25. The second-order valence-corrected chi connectivity index (χ2v) is 5.96. The third-order valence-electron chi connectivity index (χ3n) is 4.29. The summed E-state index contributed by atoms with van der Waals surface area (Å²) in [5.41, 5.74) is 3.10. The van der Waals surface area contributed by atoms with E-state index < -0.39 is 0 Å². The SMILES string of the molecule is CCNC(=NCc1ccc(OC)cc1OC)NCc1c(CC)noc1CC.I. The van der Waals surface area contributed by atoms with Crippen molar-refractivity contribution in [2.75, 3.05) is 20.8 Å². The van der Waals surface area contributed by atoms with Gasteiger partial charge in [0.25, 0.3) is 0 Å². The number of aryl methyl sites for hydroxylation is 2. The molecule has 0 aliphatic carbocycles. The maximum absolute atomic E-state index is 5.45. The highest BCUT2D eigenvalue weighted by atomic mass is 127. The first-order chi connectivity index (χ1) is 13.2. The first-order valence-corrected chi connectivity index (χ1v) is 9.36. The van der Waals surface area contributed by atoms with E-state index >= 15 is 0 Å². The van der Waals surface area contributed by atoms with Gasteiger partial charge in [-0.15, -0.1) is 24.0 Å². The third kappa shape index (κ3) is 6.29. The van der Waals surface area contributed by atoms with Crippen LogP contribution in [0.25, 0.3) is 0 Å². The van der Waals surface area contributed by atoms with Gasteiger partial charge >= 0.3 is 0 Å². The van der Waals surface area contributed by atoms with Crippen LogP contribution in [0.15, 0.2) is 27.7 Å². The summed E-state index contributed by atoms with van der Waals surface area (Å²) >= 11 is 0. The van der Waals surface area contributed by atoms with E-state index in [1.807, 2.05) is 25.1 Å². The number of nitrogens with one attached hydrogen (secondary N) is 2. The molecule has 1 aromatic heterocycles. The van der Waals surface area contributed by atoms with Gasteiger partial charge in [0.1, 0.15) is 17.3 Å². The molecule has 0 bridgehead atoms. The van der Waals surface area contributed by atoms with Gasteiger partial charge in [-0.25, -0.2) is 4.99 Å². The van der Waals surface area contributed by atoms with Crippen LogP contribution in [-0.4, -0.2) is 31.9 Å². The second kappa shape index (κ2) is 12.5. The smallest absolute Gasteiger partial charge is 0.191 e. The number of benzene rings is 1. The number of methoxy groups -OCH3 is 2. The predicted molar refractivity (Wildman–Crippen MR) is 122 cm³/mol. The molecule has 156 valence electrons. The molecule has 1 heterocycles. The first kappa shape index (κ1) is 24.1. The Morgan fingerprint density at radius 1 is 1.11 bits per heavy atom. The molecule has 0 atom stereocenters. The largest absolute Gasteiger partial charge is 0.497 e. The summed E-state index contributed by atoms with van der Waals surface area (Å²) < 4.78 is 16.1. The Labute approximate surface area is 184 Å². The summed E-state index contributed by atoms with van der Waals surface area (Å²) in [4.78, 5) is 4.68. The number of halogens is 1. The Morgan fingerprint density at radius 3 is 2.50 bits per heavy atom. The van der Waals surface area contributed by atoms with E-state index in [1.54, 1.807) is 14.2 Å². The average molecular weight is 502 g/mol. The third-order valence-corrected chi connectivity index (χ3v) is 4.29. The molecule has 2 N–H and O–H groups in total. The lowest BCUT2D eigenvalue weighted by molar-refractivity contribution is 0.380. The number of guanidine groups is 1. The van der Waals surface area contributed by atoms with E-state index in [-0.39, 0.29) is 24.0 Å². The lowest BCUT2D eigenvalue weighted by atomic mass is 10.1. The number of hydrogen-bond donors (Lipinski definition) is 2. The molecule has 0 spiro atoms. The maximum Gasteiger partial charge on any atom is 0.191 e. The van der Waals surface area contributed by atoms with Crippen molar-refractivity contribution in [1.82, 2.24) is 15.8 Å². The molecule has 0 fully saturated rings. The van der Waals surface area contributed by atoms with Gasteiger partial charge in [0.2, 0.25) is 0 Å². The van der Waals surface area contributed by atoms with Crippen LogP contribution < -0.4 is 20.1 Å². The number of nitrogens with zero attached hydrogens (tertiary/aromatic N) is 2. The molecule has 28 heavy (non-hydrogen) atoms. The molecule has 0 saturated carbocycles. The van der Waals surface area contributed by atoms with Crippen molar-refractivity contribution in [1.29, 1.82) is 0 Å². The quantitative estimate of drug-likeness (QED) is 0.309. The minimum atomic E-state index is 0. The summed E-state index contributed by atoms with van der Waals surface area (Å²) in [6.07, 6.45) is 1.66. The van der Waals surface area contributed by atoms with Gasteiger partial charge < -0.3 is 24.6 Å². The Bertz CT molecular complexity index is 740. The molecule has 0 amide bonds. The highest BCUT2D eigenvalue weighted by molar-refractivity contribution is 14.0. The van der Waals surface area contributed by atoms with Gasteiger partial charge in [0, 0.05) is 36.7 Å². The zero-order valence-electron chi connectivity index (χ0n) is 17.3. The van der Waals surface area contributed by atoms with Crippen LogP contribution in [0.4, 0.5) is 0 Å².